The Morgan fingerprint density at radius 1 is 1.33 bits per heavy atom. The van der Waals surface area contributed by atoms with Gasteiger partial charge >= 0.3 is 5.97 Å². The van der Waals surface area contributed by atoms with E-state index in [1.807, 2.05) is 13.0 Å². The van der Waals surface area contributed by atoms with Crippen LogP contribution in [0.5, 0.6) is 0 Å². The fourth-order valence-corrected chi connectivity index (χ4v) is 1.59. The minimum Gasteiger partial charge on any atom is -0.469 e. The molecule has 4 nitrogen and oxygen atoms in total. The highest BCUT2D eigenvalue weighted by molar-refractivity contribution is 5.68. The summed E-state index contributed by atoms with van der Waals surface area (Å²) in [6.45, 7) is 1.87. The Morgan fingerprint density at radius 2 is 2.05 bits per heavy atom. The third kappa shape index (κ3) is 11.7. The number of esters is 1. The Balaban J connectivity index is 4.10. The summed E-state index contributed by atoms with van der Waals surface area (Å²) in [6, 6.07) is 0. The number of aliphatic hydroxyl groups excluding tert-OH is 2. The zero-order valence-corrected chi connectivity index (χ0v) is 12.7. The van der Waals surface area contributed by atoms with E-state index in [1.165, 1.54) is 7.11 Å². The number of allylic oxidation sites excluding steroid dienone is 4. The molecule has 0 bridgehead atoms. The van der Waals surface area contributed by atoms with E-state index in [9.17, 15) is 15.0 Å². The van der Waals surface area contributed by atoms with Gasteiger partial charge in [-0.05, 0) is 19.8 Å². The third-order valence-electron chi connectivity index (χ3n) is 2.69. The van der Waals surface area contributed by atoms with Crippen molar-refractivity contribution in [1.82, 2.24) is 0 Å². The van der Waals surface area contributed by atoms with Crippen molar-refractivity contribution < 1.29 is 19.7 Å². The Morgan fingerprint density at radius 3 is 2.67 bits per heavy atom. The number of rotatable bonds is 9. The van der Waals surface area contributed by atoms with Crippen molar-refractivity contribution in [3.8, 4) is 12.3 Å². The van der Waals surface area contributed by atoms with Gasteiger partial charge in [0.25, 0.3) is 0 Å². The Hall–Kier alpha value is -1.83. The SMILES string of the molecule is C#CC[C@@H](O)/C=C/C=C/C(C)=C\[C@@H](O)CCCC(=O)OC. The standard InChI is InChI=1S/C17H24O4/c1-4-8-15(18)10-6-5-9-14(2)13-16(19)11-7-12-17(20)21-3/h1,5-6,9-10,13,15-16,18-19H,7-8,11-12H2,2-3H3/b9-5+,10-6+,14-13-/t15-,16+/m1/s1. The zero-order valence-electron chi connectivity index (χ0n) is 12.7. The molecule has 0 aromatic carbocycles. The third-order valence-corrected chi connectivity index (χ3v) is 2.69. The summed E-state index contributed by atoms with van der Waals surface area (Å²) in [5.74, 6) is 2.11. The second kappa shape index (κ2) is 12.0. The number of carbonyl (C=O) groups is 1. The monoisotopic (exact) mass is 292 g/mol. The van der Waals surface area contributed by atoms with E-state index in [0.717, 1.165) is 5.57 Å². The van der Waals surface area contributed by atoms with E-state index in [1.54, 1.807) is 24.3 Å². The molecular weight excluding hydrogens is 268 g/mol. The molecule has 0 rings (SSSR count). The van der Waals surface area contributed by atoms with Crippen LogP contribution < -0.4 is 0 Å². The second-order valence-corrected chi connectivity index (χ2v) is 4.67. The predicted molar refractivity (Wildman–Crippen MR) is 83.4 cm³/mol. The molecule has 0 saturated carbocycles. The molecule has 0 aliphatic rings. The summed E-state index contributed by atoms with van der Waals surface area (Å²) in [6.07, 6.45) is 14.2. The van der Waals surface area contributed by atoms with Gasteiger partial charge in [-0.3, -0.25) is 4.79 Å². The van der Waals surface area contributed by atoms with Gasteiger partial charge in [0, 0.05) is 12.8 Å². The first-order valence-electron chi connectivity index (χ1n) is 6.89. The van der Waals surface area contributed by atoms with E-state index in [-0.39, 0.29) is 12.4 Å². The van der Waals surface area contributed by atoms with E-state index in [4.69, 9.17) is 6.42 Å². The Labute approximate surface area is 126 Å². The molecule has 0 aromatic heterocycles. The molecule has 2 N–H and O–H groups in total. The van der Waals surface area contributed by atoms with Crippen molar-refractivity contribution in [1.29, 1.82) is 0 Å². The van der Waals surface area contributed by atoms with Gasteiger partial charge in [-0.25, -0.2) is 0 Å². The Bertz CT molecular complexity index is 427. The largest absolute Gasteiger partial charge is 0.469 e. The molecule has 116 valence electrons. The first-order chi connectivity index (χ1) is 9.99. The molecule has 0 amide bonds. The molecule has 2 atom stereocenters. The van der Waals surface area contributed by atoms with Crippen molar-refractivity contribution in [2.24, 2.45) is 0 Å². The normalized spacial score (nSPS) is 15.1. The zero-order chi connectivity index (χ0) is 16.1. The van der Waals surface area contributed by atoms with Crippen LogP contribution in [0.4, 0.5) is 0 Å². The van der Waals surface area contributed by atoms with Crippen LogP contribution in [-0.2, 0) is 9.53 Å². The van der Waals surface area contributed by atoms with Crippen LogP contribution in [0.1, 0.15) is 32.6 Å². The van der Waals surface area contributed by atoms with Crippen LogP contribution >= 0.6 is 0 Å². The molecule has 21 heavy (non-hydrogen) atoms. The number of methoxy groups -OCH3 is 1. The van der Waals surface area contributed by atoms with Gasteiger partial charge in [-0.1, -0.05) is 36.0 Å². The van der Waals surface area contributed by atoms with Gasteiger partial charge in [0.05, 0.1) is 19.3 Å². The van der Waals surface area contributed by atoms with Crippen molar-refractivity contribution in [2.45, 2.75) is 44.8 Å². The summed E-state index contributed by atoms with van der Waals surface area (Å²) >= 11 is 0. The maximum atomic E-state index is 10.9. The van der Waals surface area contributed by atoms with Gasteiger partial charge in [-0.15, -0.1) is 12.3 Å². The molecule has 0 aliphatic heterocycles. The number of aliphatic hydroxyl groups is 2. The maximum absolute atomic E-state index is 10.9. The summed E-state index contributed by atoms with van der Waals surface area (Å²) in [5, 5.41) is 19.1. The molecule has 0 heterocycles. The van der Waals surface area contributed by atoms with Crippen LogP contribution in [0.3, 0.4) is 0 Å². The summed E-state index contributed by atoms with van der Waals surface area (Å²) in [5.41, 5.74) is 0.900. The molecule has 4 heteroatoms. The average Bonchev–Trinajstić information content (AvgIpc) is 2.43. The van der Waals surface area contributed by atoms with Crippen LogP contribution in [0.25, 0.3) is 0 Å². The summed E-state index contributed by atoms with van der Waals surface area (Å²) < 4.78 is 4.53. The highest BCUT2D eigenvalue weighted by Gasteiger charge is 2.04. The van der Waals surface area contributed by atoms with E-state index >= 15 is 0 Å². The van der Waals surface area contributed by atoms with Gasteiger partial charge in [0.1, 0.15) is 0 Å². The first kappa shape index (κ1) is 19.2. The summed E-state index contributed by atoms with van der Waals surface area (Å²) in [4.78, 5) is 10.9. The average molecular weight is 292 g/mol. The second-order valence-electron chi connectivity index (χ2n) is 4.67. The van der Waals surface area contributed by atoms with Crippen molar-refractivity contribution in [3.63, 3.8) is 0 Å². The quantitative estimate of drug-likeness (QED) is 0.388. The van der Waals surface area contributed by atoms with Crippen molar-refractivity contribution in [2.75, 3.05) is 7.11 Å². The molecule has 0 saturated heterocycles. The molecule has 0 aliphatic carbocycles. The van der Waals surface area contributed by atoms with Gasteiger partial charge < -0.3 is 14.9 Å². The van der Waals surface area contributed by atoms with Gasteiger partial charge in [0.2, 0.25) is 0 Å². The molecular formula is C17H24O4. The number of hydrogen-bond donors (Lipinski definition) is 2. The minimum atomic E-state index is -0.632. The molecule has 0 fully saturated rings. The molecule has 0 radical (unpaired) electrons. The van der Waals surface area contributed by atoms with Crippen LogP contribution in [0, 0.1) is 12.3 Å². The first-order valence-corrected chi connectivity index (χ1v) is 6.89. The lowest BCUT2D eigenvalue weighted by atomic mass is 10.1. The number of carbonyl (C=O) groups excluding carboxylic acids is 1. The highest BCUT2D eigenvalue weighted by atomic mass is 16.5. The van der Waals surface area contributed by atoms with E-state index in [2.05, 4.69) is 10.7 Å². The summed E-state index contributed by atoms with van der Waals surface area (Å²) in [7, 11) is 1.35. The fourth-order valence-electron chi connectivity index (χ4n) is 1.59. The lowest BCUT2D eigenvalue weighted by Crippen LogP contribution is -2.06. The van der Waals surface area contributed by atoms with E-state index < -0.39 is 12.2 Å². The molecule has 0 unspecified atom stereocenters. The lowest BCUT2D eigenvalue weighted by Gasteiger charge is -2.05. The number of ether oxygens (including phenoxy) is 1. The molecule has 0 spiro atoms. The van der Waals surface area contributed by atoms with Gasteiger partial charge in [0.15, 0.2) is 0 Å². The van der Waals surface area contributed by atoms with Crippen LogP contribution in [-0.4, -0.2) is 35.5 Å². The number of terminal acetylenes is 1. The van der Waals surface area contributed by atoms with Crippen LogP contribution in [0.2, 0.25) is 0 Å². The topological polar surface area (TPSA) is 66.8 Å². The van der Waals surface area contributed by atoms with Gasteiger partial charge in [-0.2, -0.15) is 0 Å². The van der Waals surface area contributed by atoms with E-state index in [0.29, 0.717) is 19.3 Å². The molecule has 0 aromatic rings. The lowest BCUT2D eigenvalue weighted by molar-refractivity contribution is -0.140. The van der Waals surface area contributed by atoms with Crippen LogP contribution in [0.15, 0.2) is 36.0 Å². The van der Waals surface area contributed by atoms with Crippen molar-refractivity contribution in [3.05, 3.63) is 36.0 Å². The minimum absolute atomic E-state index is 0.265. The predicted octanol–water partition coefficient (Wildman–Crippen LogP) is 2.13. The van der Waals surface area contributed by atoms with Crippen molar-refractivity contribution >= 4 is 5.97 Å². The highest BCUT2D eigenvalue weighted by Crippen LogP contribution is 2.07. The smallest absolute Gasteiger partial charge is 0.305 e. The number of hydrogen-bond acceptors (Lipinski definition) is 4. The fraction of sp³-hybridized carbons (Fsp3) is 0.471. The Kier molecular flexibility index (Phi) is 10.9. The maximum Gasteiger partial charge on any atom is 0.305 e.